The van der Waals surface area contributed by atoms with Crippen LogP contribution in [0.15, 0.2) is 58.9 Å². The highest BCUT2D eigenvalue weighted by atomic mass is 127. The largest absolute Gasteiger partial charge is 0.469 e. The van der Waals surface area contributed by atoms with Crippen molar-refractivity contribution in [1.82, 2.24) is 20.6 Å². The molecule has 2 aromatic rings. The van der Waals surface area contributed by atoms with Gasteiger partial charge >= 0.3 is 0 Å². The van der Waals surface area contributed by atoms with Crippen molar-refractivity contribution in [2.75, 3.05) is 31.1 Å². The zero-order chi connectivity index (χ0) is 18.0. The Labute approximate surface area is 177 Å². The first-order valence-corrected chi connectivity index (χ1v) is 9.05. The van der Waals surface area contributed by atoms with E-state index in [4.69, 9.17) is 4.42 Å². The van der Waals surface area contributed by atoms with Gasteiger partial charge in [-0.05, 0) is 31.0 Å². The van der Waals surface area contributed by atoms with Crippen LogP contribution in [-0.4, -0.2) is 48.1 Å². The molecule has 0 unspecified atom stereocenters. The zero-order valence-corrected chi connectivity index (χ0v) is 17.7. The molecule has 2 aromatic heterocycles. The number of hydrogen-bond donors (Lipinski definition) is 2. The van der Waals surface area contributed by atoms with E-state index in [1.54, 1.807) is 18.7 Å². The third-order valence-electron chi connectivity index (χ3n) is 4.29. The molecule has 8 heteroatoms. The summed E-state index contributed by atoms with van der Waals surface area (Å²) in [5.74, 6) is 2.59. The average molecular weight is 482 g/mol. The molecule has 146 valence electrons. The maximum atomic E-state index is 5.36. The summed E-state index contributed by atoms with van der Waals surface area (Å²) in [5.41, 5.74) is 0. The number of piperidine rings is 1. The second-order valence-corrected chi connectivity index (χ2v) is 6.18. The first-order valence-electron chi connectivity index (χ1n) is 9.05. The molecule has 3 heterocycles. The summed E-state index contributed by atoms with van der Waals surface area (Å²) in [7, 11) is 0. The predicted molar refractivity (Wildman–Crippen MR) is 119 cm³/mol. The summed E-state index contributed by atoms with van der Waals surface area (Å²) < 4.78 is 5.36. The molecule has 0 bridgehead atoms. The van der Waals surface area contributed by atoms with Gasteiger partial charge in [-0.1, -0.05) is 6.08 Å². The molecule has 1 saturated heterocycles. The van der Waals surface area contributed by atoms with Crippen LogP contribution in [0.25, 0.3) is 0 Å². The van der Waals surface area contributed by atoms with E-state index in [2.05, 4.69) is 37.1 Å². The van der Waals surface area contributed by atoms with Crippen molar-refractivity contribution in [3.05, 3.63) is 55.3 Å². The number of hydrogen-bond acceptors (Lipinski definition) is 5. The average Bonchev–Trinajstić information content (AvgIpc) is 3.21. The number of aliphatic imine (C=N–C) groups is 1. The molecule has 0 aromatic carbocycles. The van der Waals surface area contributed by atoms with Gasteiger partial charge in [-0.25, -0.2) is 9.97 Å². The number of rotatable bonds is 7. The summed E-state index contributed by atoms with van der Waals surface area (Å²) in [4.78, 5) is 15.5. The minimum absolute atomic E-state index is 0. The number of anilines is 1. The van der Waals surface area contributed by atoms with Gasteiger partial charge in [0, 0.05) is 51.0 Å². The van der Waals surface area contributed by atoms with Crippen molar-refractivity contribution >= 4 is 35.9 Å². The molecule has 0 saturated carbocycles. The number of furan rings is 1. The Bertz CT molecular complexity index is 683. The molecule has 1 aliphatic rings. The highest BCUT2D eigenvalue weighted by Crippen LogP contribution is 2.15. The van der Waals surface area contributed by atoms with Gasteiger partial charge in [0.25, 0.3) is 0 Å². The van der Waals surface area contributed by atoms with Gasteiger partial charge in [0.2, 0.25) is 5.95 Å². The summed E-state index contributed by atoms with van der Waals surface area (Å²) in [5, 5.41) is 6.83. The molecule has 0 amide bonds. The molecule has 3 rings (SSSR count). The van der Waals surface area contributed by atoms with E-state index < -0.39 is 0 Å². The molecule has 27 heavy (non-hydrogen) atoms. The summed E-state index contributed by atoms with van der Waals surface area (Å²) >= 11 is 0. The maximum absolute atomic E-state index is 5.36. The van der Waals surface area contributed by atoms with E-state index in [9.17, 15) is 0 Å². The van der Waals surface area contributed by atoms with Gasteiger partial charge in [0.15, 0.2) is 5.96 Å². The predicted octanol–water partition coefficient (Wildman–Crippen LogP) is 2.62. The SMILES string of the molecule is C=CCNC(=NCCc1ccco1)NC1CCN(c2ncccn2)CC1.I. The lowest BCUT2D eigenvalue weighted by atomic mass is 10.1. The molecule has 1 fully saturated rings. The molecule has 0 atom stereocenters. The molecular weight excluding hydrogens is 455 g/mol. The second kappa shape index (κ2) is 11.6. The van der Waals surface area contributed by atoms with Crippen molar-refractivity contribution in [2.45, 2.75) is 25.3 Å². The van der Waals surface area contributed by atoms with Crippen LogP contribution in [0, 0.1) is 0 Å². The van der Waals surface area contributed by atoms with E-state index in [1.165, 1.54) is 0 Å². The van der Waals surface area contributed by atoms with Gasteiger partial charge < -0.3 is 20.0 Å². The van der Waals surface area contributed by atoms with Crippen LogP contribution < -0.4 is 15.5 Å². The molecule has 0 spiro atoms. The van der Waals surface area contributed by atoms with E-state index in [0.717, 1.165) is 50.0 Å². The van der Waals surface area contributed by atoms with Gasteiger partial charge in [-0.15, -0.1) is 30.6 Å². The highest BCUT2D eigenvalue weighted by Gasteiger charge is 2.21. The Kier molecular flexibility index (Phi) is 9.09. The standard InChI is InChI=1S/C19H26N6O.HI/c1-2-9-20-18(21-12-6-17-5-3-15-26-17)24-16-7-13-25(14-8-16)19-22-10-4-11-23-19;/h2-5,10-11,15-16H,1,6-9,12-14H2,(H2,20,21,24);1H. The van der Waals surface area contributed by atoms with Crippen molar-refractivity contribution in [2.24, 2.45) is 4.99 Å². The van der Waals surface area contributed by atoms with Gasteiger partial charge in [0.05, 0.1) is 6.26 Å². The van der Waals surface area contributed by atoms with E-state index in [-0.39, 0.29) is 24.0 Å². The quantitative estimate of drug-likeness (QED) is 0.274. The lowest BCUT2D eigenvalue weighted by Gasteiger charge is -2.33. The second-order valence-electron chi connectivity index (χ2n) is 6.18. The number of aromatic nitrogens is 2. The summed E-state index contributed by atoms with van der Waals surface area (Å²) in [6, 6.07) is 6.10. The molecule has 0 radical (unpaired) electrons. The normalized spacial score (nSPS) is 15.1. The fraction of sp³-hybridized carbons (Fsp3) is 0.421. The number of nitrogens with zero attached hydrogens (tertiary/aromatic N) is 4. The zero-order valence-electron chi connectivity index (χ0n) is 15.4. The van der Waals surface area contributed by atoms with Crippen LogP contribution in [0.2, 0.25) is 0 Å². The van der Waals surface area contributed by atoms with Crippen LogP contribution >= 0.6 is 24.0 Å². The molecule has 7 nitrogen and oxygen atoms in total. The van der Waals surface area contributed by atoms with Crippen LogP contribution in [0.5, 0.6) is 0 Å². The minimum atomic E-state index is 0. The first kappa shape index (κ1) is 21.2. The van der Waals surface area contributed by atoms with Crippen LogP contribution in [0.1, 0.15) is 18.6 Å². The Morgan fingerprint density at radius 1 is 1.30 bits per heavy atom. The van der Waals surface area contributed by atoms with Crippen molar-refractivity contribution in [3.63, 3.8) is 0 Å². The van der Waals surface area contributed by atoms with E-state index in [0.29, 0.717) is 19.1 Å². The van der Waals surface area contributed by atoms with Crippen LogP contribution in [0.4, 0.5) is 5.95 Å². The third-order valence-corrected chi connectivity index (χ3v) is 4.29. The molecular formula is C19H27IN6O. The Hall–Kier alpha value is -2.10. The fourth-order valence-corrected chi connectivity index (χ4v) is 2.93. The minimum Gasteiger partial charge on any atom is -0.469 e. The van der Waals surface area contributed by atoms with E-state index >= 15 is 0 Å². The van der Waals surface area contributed by atoms with Gasteiger partial charge in [-0.3, -0.25) is 4.99 Å². The van der Waals surface area contributed by atoms with Gasteiger partial charge in [-0.2, -0.15) is 0 Å². The third kappa shape index (κ3) is 6.85. The maximum Gasteiger partial charge on any atom is 0.225 e. The van der Waals surface area contributed by atoms with Crippen molar-refractivity contribution in [3.8, 4) is 0 Å². The first-order chi connectivity index (χ1) is 12.8. The summed E-state index contributed by atoms with van der Waals surface area (Å²) in [6.07, 6.45) is 9.93. The highest BCUT2D eigenvalue weighted by molar-refractivity contribution is 14.0. The number of halogens is 1. The molecule has 2 N–H and O–H groups in total. The molecule has 0 aliphatic carbocycles. The summed E-state index contributed by atoms with van der Waals surface area (Å²) in [6.45, 7) is 6.99. The van der Waals surface area contributed by atoms with Crippen molar-refractivity contribution < 1.29 is 4.42 Å². The van der Waals surface area contributed by atoms with Crippen molar-refractivity contribution in [1.29, 1.82) is 0 Å². The fourth-order valence-electron chi connectivity index (χ4n) is 2.93. The topological polar surface area (TPSA) is 78.6 Å². The number of guanidine groups is 1. The Morgan fingerprint density at radius 3 is 2.74 bits per heavy atom. The monoisotopic (exact) mass is 482 g/mol. The van der Waals surface area contributed by atoms with Crippen LogP contribution in [0.3, 0.4) is 0 Å². The number of nitrogens with one attached hydrogen (secondary N) is 2. The van der Waals surface area contributed by atoms with E-state index in [1.807, 2.05) is 24.3 Å². The Morgan fingerprint density at radius 2 is 2.07 bits per heavy atom. The lowest BCUT2D eigenvalue weighted by molar-refractivity contribution is 0.457. The van der Waals surface area contributed by atoms with Gasteiger partial charge in [0.1, 0.15) is 5.76 Å². The molecule has 1 aliphatic heterocycles. The van der Waals surface area contributed by atoms with Crippen LogP contribution in [-0.2, 0) is 6.42 Å². The lowest BCUT2D eigenvalue weighted by Crippen LogP contribution is -2.49. The Balaban J connectivity index is 0.00000261. The smallest absolute Gasteiger partial charge is 0.225 e.